The van der Waals surface area contributed by atoms with Crippen LogP contribution in [0.5, 0.6) is 0 Å². The third-order valence-corrected chi connectivity index (χ3v) is 4.08. The van der Waals surface area contributed by atoms with Crippen LogP contribution < -0.4 is 4.90 Å². The first kappa shape index (κ1) is 11.7. The number of hydrogen-bond donors (Lipinski definition) is 0. The van der Waals surface area contributed by atoms with Gasteiger partial charge in [0.25, 0.3) is 0 Å². The molecule has 0 saturated carbocycles. The molecule has 0 aliphatic carbocycles. The van der Waals surface area contributed by atoms with Crippen molar-refractivity contribution in [2.24, 2.45) is 0 Å². The van der Waals surface area contributed by atoms with Gasteiger partial charge < -0.3 is 4.90 Å². The molecule has 0 bridgehead atoms. The van der Waals surface area contributed by atoms with Gasteiger partial charge in [-0.15, -0.1) is 0 Å². The Morgan fingerprint density at radius 2 is 2.00 bits per heavy atom. The maximum Gasteiger partial charge on any atom is 0.194 e. The molecule has 0 saturated heterocycles. The fourth-order valence-corrected chi connectivity index (χ4v) is 2.98. The summed E-state index contributed by atoms with van der Waals surface area (Å²) in [7, 11) is 0. The SMILES string of the molecule is CCN1c2ccc(Cl)c(Cl)c2CC1(Cl)Cl. The Morgan fingerprint density at radius 3 is 2.60 bits per heavy atom. The van der Waals surface area contributed by atoms with Crippen LogP contribution in [0.4, 0.5) is 5.69 Å². The van der Waals surface area contributed by atoms with Crippen molar-refractivity contribution in [3.05, 3.63) is 27.7 Å². The Labute approximate surface area is 109 Å². The number of fused-ring (bicyclic) bond motifs is 1. The fraction of sp³-hybridized carbons (Fsp3) is 0.400. The van der Waals surface area contributed by atoms with Crippen molar-refractivity contribution < 1.29 is 0 Å². The number of alkyl halides is 2. The standard InChI is InChI=1S/C10H9Cl4N/c1-2-15-8-4-3-7(11)9(12)6(8)5-10(15,13)14/h3-4H,2,5H2,1H3. The van der Waals surface area contributed by atoms with Gasteiger partial charge in [0.05, 0.1) is 10.0 Å². The van der Waals surface area contributed by atoms with Crippen LogP contribution in [0.25, 0.3) is 0 Å². The number of likely N-dealkylation sites (N-methyl/N-ethyl adjacent to an activating group) is 1. The number of benzene rings is 1. The van der Waals surface area contributed by atoms with E-state index >= 15 is 0 Å². The van der Waals surface area contributed by atoms with E-state index in [1.807, 2.05) is 17.9 Å². The molecule has 1 nitrogen and oxygen atoms in total. The molecule has 0 unspecified atom stereocenters. The molecule has 0 amide bonds. The van der Waals surface area contributed by atoms with Crippen molar-refractivity contribution in [1.29, 1.82) is 0 Å². The molecule has 0 N–H and O–H groups in total. The Morgan fingerprint density at radius 1 is 1.33 bits per heavy atom. The van der Waals surface area contributed by atoms with Crippen LogP contribution in [-0.4, -0.2) is 11.0 Å². The molecule has 0 radical (unpaired) electrons. The van der Waals surface area contributed by atoms with Gasteiger partial charge in [-0.3, -0.25) is 0 Å². The first-order valence-electron chi connectivity index (χ1n) is 4.59. The van der Waals surface area contributed by atoms with E-state index in [0.29, 0.717) is 16.5 Å². The van der Waals surface area contributed by atoms with Crippen molar-refractivity contribution in [1.82, 2.24) is 0 Å². The van der Waals surface area contributed by atoms with Crippen LogP contribution in [0.3, 0.4) is 0 Å². The second-order valence-electron chi connectivity index (χ2n) is 3.45. The summed E-state index contributed by atoms with van der Waals surface area (Å²) in [5.41, 5.74) is 1.90. The second kappa shape index (κ2) is 3.89. The van der Waals surface area contributed by atoms with E-state index in [2.05, 4.69) is 0 Å². The monoisotopic (exact) mass is 283 g/mol. The quantitative estimate of drug-likeness (QED) is 0.542. The number of nitrogens with zero attached hydrogens (tertiary/aromatic N) is 1. The lowest BCUT2D eigenvalue weighted by atomic mass is 10.1. The smallest absolute Gasteiger partial charge is 0.194 e. The summed E-state index contributed by atoms with van der Waals surface area (Å²) in [5.74, 6) is 0. The highest BCUT2D eigenvalue weighted by Gasteiger charge is 2.41. The fourth-order valence-electron chi connectivity index (χ4n) is 1.89. The van der Waals surface area contributed by atoms with E-state index in [1.165, 1.54) is 0 Å². The number of hydrogen-bond acceptors (Lipinski definition) is 1. The molecule has 5 heteroatoms. The van der Waals surface area contributed by atoms with Crippen LogP contribution in [-0.2, 0) is 6.42 Å². The van der Waals surface area contributed by atoms with Gasteiger partial charge in [-0.2, -0.15) is 0 Å². The van der Waals surface area contributed by atoms with Crippen molar-refractivity contribution in [3.63, 3.8) is 0 Å². The molecule has 1 aromatic rings. The number of anilines is 1. The molecule has 1 aliphatic heterocycles. The minimum atomic E-state index is -0.911. The molecular weight excluding hydrogens is 276 g/mol. The van der Waals surface area contributed by atoms with Gasteiger partial charge in [0, 0.05) is 24.2 Å². The van der Waals surface area contributed by atoms with Gasteiger partial charge in [0.15, 0.2) is 4.46 Å². The van der Waals surface area contributed by atoms with Crippen molar-refractivity contribution in [3.8, 4) is 0 Å². The molecule has 0 spiro atoms. The van der Waals surface area contributed by atoms with E-state index in [0.717, 1.165) is 17.8 Å². The maximum absolute atomic E-state index is 6.21. The molecule has 0 aromatic heterocycles. The Kier molecular flexibility index (Phi) is 3.02. The van der Waals surface area contributed by atoms with Crippen molar-refractivity contribution in [2.45, 2.75) is 17.8 Å². The summed E-state index contributed by atoms with van der Waals surface area (Å²) in [4.78, 5) is 1.91. The van der Waals surface area contributed by atoms with E-state index in [-0.39, 0.29) is 0 Å². The molecule has 0 fully saturated rings. The predicted octanol–water partition coefficient (Wildman–Crippen LogP) is 4.51. The van der Waals surface area contributed by atoms with Crippen molar-refractivity contribution >= 4 is 52.1 Å². The highest BCUT2D eigenvalue weighted by molar-refractivity contribution is 6.51. The molecular formula is C10H9Cl4N. The topological polar surface area (TPSA) is 3.24 Å². The van der Waals surface area contributed by atoms with Gasteiger partial charge in [-0.1, -0.05) is 46.4 Å². The number of halogens is 4. The zero-order chi connectivity index (χ0) is 11.2. The Balaban J connectivity index is 2.57. The van der Waals surface area contributed by atoms with Crippen LogP contribution in [0.2, 0.25) is 10.0 Å². The van der Waals surface area contributed by atoms with E-state index in [4.69, 9.17) is 46.4 Å². The summed E-state index contributed by atoms with van der Waals surface area (Å²) in [5, 5.41) is 1.09. The van der Waals surface area contributed by atoms with Gasteiger partial charge in [0.1, 0.15) is 0 Å². The normalized spacial score (nSPS) is 18.1. The van der Waals surface area contributed by atoms with Gasteiger partial charge in [0.2, 0.25) is 0 Å². The molecule has 1 aromatic carbocycles. The molecule has 0 atom stereocenters. The summed E-state index contributed by atoms with van der Waals surface area (Å²) >= 11 is 24.5. The van der Waals surface area contributed by atoms with E-state index in [9.17, 15) is 0 Å². The Bertz CT molecular complexity index is 403. The molecule has 1 heterocycles. The zero-order valence-electron chi connectivity index (χ0n) is 8.03. The zero-order valence-corrected chi connectivity index (χ0v) is 11.1. The minimum absolute atomic E-state index is 0.499. The lowest BCUT2D eigenvalue weighted by Crippen LogP contribution is -2.36. The molecule has 82 valence electrons. The highest BCUT2D eigenvalue weighted by Crippen LogP contribution is 2.47. The van der Waals surface area contributed by atoms with E-state index in [1.54, 1.807) is 6.07 Å². The molecule has 15 heavy (non-hydrogen) atoms. The van der Waals surface area contributed by atoms with Crippen LogP contribution in [0.1, 0.15) is 12.5 Å². The summed E-state index contributed by atoms with van der Waals surface area (Å²) in [6, 6.07) is 3.67. The molecule has 1 aliphatic rings. The maximum atomic E-state index is 6.21. The lowest BCUT2D eigenvalue weighted by molar-refractivity contribution is 0.748. The van der Waals surface area contributed by atoms with Crippen LogP contribution >= 0.6 is 46.4 Å². The predicted molar refractivity (Wildman–Crippen MR) is 67.6 cm³/mol. The van der Waals surface area contributed by atoms with Crippen LogP contribution in [0, 0.1) is 0 Å². The first-order chi connectivity index (χ1) is 6.97. The van der Waals surface area contributed by atoms with Crippen LogP contribution in [0.15, 0.2) is 12.1 Å². The van der Waals surface area contributed by atoms with Gasteiger partial charge in [-0.05, 0) is 19.1 Å². The average Bonchev–Trinajstić information content (AvgIpc) is 2.43. The molecule has 2 rings (SSSR count). The van der Waals surface area contributed by atoms with E-state index < -0.39 is 4.46 Å². The van der Waals surface area contributed by atoms with Gasteiger partial charge in [-0.25, -0.2) is 0 Å². The van der Waals surface area contributed by atoms with Gasteiger partial charge >= 0.3 is 0 Å². The third-order valence-electron chi connectivity index (χ3n) is 2.56. The summed E-state index contributed by atoms with van der Waals surface area (Å²) < 4.78 is -0.911. The average molecular weight is 285 g/mol. The lowest BCUT2D eigenvalue weighted by Gasteiger charge is -2.28. The minimum Gasteiger partial charge on any atom is -0.340 e. The first-order valence-corrected chi connectivity index (χ1v) is 6.11. The highest BCUT2D eigenvalue weighted by atomic mass is 35.5. The summed E-state index contributed by atoms with van der Waals surface area (Å²) in [6.07, 6.45) is 0.499. The third kappa shape index (κ3) is 1.80. The Hall–Kier alpha value is 0.180. The van der Waals surface area contributed by atoms with Crippen molar-refractivity contribution in [2.75, 3.05) is 11.4 Å². The number of rotatable bonds is 1. The largest absolute Gasteiger partial charge is 0.340 e. The summed E-state index contributed by atoms with van der Waals surface area (Å²) in [6.45, 7) is 2.73. The second-order valence-corrected chi connectivity index (χ2v) is 5.68.